The smallest absolute Gasteiger partial charge is 0.321 e. The average Bonchev–Trinajstić information content (AvgIpc) is 3.69. The highest BCUT2D eigenvalue weighted by molar-refractivity contribution is 5.97. The maximum Gasteiger partial charge on any atom is 0.321 e. The molecule has 2 aliphatic rings. The number of likely N-dealkylation sites (N-methyl/N-ethyl adjacent to an activating group) is 1. The molecule has 2 aromatic rings. The molecule has 1 aromatic heterocycles. The second kappa shape index (κ2) is 10.8. The van der Waals surface area contributed by atoms with E-state index in [1.165, 1.54) is 0 Å². The van der Waals surface area contributed by atoms with Gasteiger partial charge in [-0.25, -0.2) is 9.78 Å². The van der Waals surface area contributed by atoms with Crippen LogP contribution in [-0.4, -0.2) is 70.7 Å². The lowest BCUT2D eigenvalue weighted by molar-refractivity contribution is 0.0356. The van der Waals surface area contributed by atoms with Gasteiger partial charge in [0, 0.05) is 42.9 Å². The summed E-state index contributed by atoms with van der Waals surface area (Å²) in [6.07, 6.45) is 3.43. The number of fused-ring (bicyclic) bond motifs is 1. The lowest BCUT2D eigenvalue weighted by atomic mass is 10.00. The number of urea groups is 1. The van der Waals surface area contributed by atoms with Crippen molar-refractivity contribution in [2.45, 2.75) is 38.8 Å². The number of hydrogen-bond acceptors (Lipinski definition) is 5. The lowest BCUT2D eigenvalue weighted by Gasteiger charge is -2.37. The Morgan fingerprint density at radius 3 is 2.77 bits per heavy atom. The van der Waals surface area contributed by atoms with Gasteiger partial charge < -0.3 is 25.0 Å². The summed E-state index contributed by atoms with van der Waals surface area (Å²) in [5.74, 6) is 6.59. The zero-order valence-electron chi connectivity index (χ0n) is 20.4. The quantitative estimate of drug-likeness (QED) is 0.646. The topological polar surface area (TPSA) is 95.0 Å². The van der Waals surface area contributed by atoms with Gasteiger partial charge in [0.25, 0.3) is 5.91 Å². The minimum Gasteiger partial charge on any atom is -0.472 e. The molecular formula is C27H32N4O4. The van der Waals surface area contributed by atoms with Crippen LogP contribution < -0.4 is 10.1 Å². The second-order valence-electron chi connectivity index (χ2n) is 9.42. The van der Waals surface area contributed by atoms with E-state index in [9.17, 15) is 14.7 Å². The third kappa shape index (κ3) is 6.11. The van der Waals surface area contributed by atoms with Crippen molar-refractivity contribution in [3.63, 3.8) is 0 Å². The number of carbonyl (C=O) groups is 2. The predicted octanol–water partition coefficient (Wildman–Crippen LogP) is 3.23. The molecule has 0 bridgehead atoms. The summed E-state index contributed by atoms with van der Waals surface area (Å²) in [5, 5.41) is 12.7. The van der Waals surface area contributed by atoms with Crippen molar-refractivity contribution in [1.29, 1.82) is 0 Å². The van der Waals surface area contributed by atoms with Crippen LogP contribution in [0.5, 0.6) is 5.88 Å². The molecule has 184 valence electrons. The highest BCUT2D eigenvalue weighted by Gasteiger charge is 2.34. The standard InChI is InChI=1S/C27H32N4O4/c1-18-15-31(19(2)17-32)26(33)23-13-21(12-11-20-9-10-20)14-28-25(23)35-24(18)16-30(3)27(34)29-22-7-5-4-6-8-22/h4-8,13-14,18-20,24,32H,9-10,15-17H2,1-3H3,(H,29,34)/t18-,19-,24+/m0/s1. The van der Waals surface area contributed by atoms with Gasteiger partial charge in [-0.15, -0.1) is 0 Å². The number of rotatable bonds is 5. The van der Waals surface area contributed by atoms with Crippen LogP contribution in [0.1, 0.15) is 42.6 Å². The summed E-state index contributed by atoms with van der Waals surface area (Å²) in [5.41, 5.74) is 1.69. The number of benzene rings is 1. The van der Waals surface area contributed by atoms with Crippen LogP contribution >= 0.6 is 0 Å². The Labute approximate surface area is 206 Å². The molecule has 0 unspecified atom stereocenters. The maximum absolute atomic E-state index is 13.5. The van der Waals surface area contributed by atoms with Crippen LogP contribution in [0.3, 0.4) is 0 Å². The summed E-state index contributed by atoms with van der Waals surface area (Å²) in [6.45, 7) is 4.29. The van der Waals surface area contributed by atoms with E-state index in [4.69, 9.17) is 4.74 Å². The lowest BCUT2D eigenvalue weighted by Crippen LogP contribution is -2.50. The van der Waals surface area contributed by atoms with E-state index >= 15 is 0 Å². The van der Waals surface area contributed by atoms with Crippen LogP contribution in [0, 0.1) is 23.7 Å². The van der Waals surface area contributed by atoms with Crippen LogP contribution in [-0.2, 0) is 0 Å². The van der Waals surface area contributed by atoms with E-state index in [2.05, 4.69) is 22.1 Å². The number of amides is 3. The van der Waals surface area contributed by atoms with Gasteiger partial charge in [-0.05, 0) is 38.0 Å². The van der Waals surface area contributed by atoms with Gasteiger partial charge in [-0.3, -0.25) is 4.79 Å². The third-order valence-corrected chi connectivity index (χ3v) is 6.34. The molecule has 2 N–H and O–H groups in total. The van der Waals surface area contributed by atoms with Crippen LogP contribution in [0.15, 0.2) is 42.6 Å². The molecule has 8 nitrogen and oxygen atoms in total. The molecule has 0 spiro atoms. The Morgan fingerprint density at radius 2 is 2.09 bits per heavy atom. The molecule has 1 aliphatic heterocycles. The Morgan fingerprint density at radius 1 is 1.34 bits per heavy atom. The number of nitrogens with one attached hydrogen (secondary N) is 1. The SMILES string of the molecule is C[C@H]1CN([C@@H](C)CO)C(=O)c2cc(C#CC3CC3)cnc2O[C@@H]1CN(C)C(=O)Nc1ccccc1. The molecular weight excluding hydrogens is 444 g/mol. The van der Waals surface area contributed by atoms with E-state index in [-0.39, 0.29) is 36.4 Å². The average molecular weight is 477 g/mol. The molecule has 0 radical (unpaired) electrons. The molecule has 4 rings (SSSR count). The maximum atomic E-state index is 13.5. The number of ether oxygens (including phenoxy) is 1. The normalized spacial score (nSPS) is 20.3. The van der Waals surface area contributed by atoms with Crippen LogP contribution in [0.4, 0.5) is 10.5 Å². The van der Waals surface area contributed by atoms with E-state index < -0.39 is 6.10 Å². The third-order valence-electron chi connectivity index (χ3n) is 6.34. The van der Waals surface area contributed by atoms with Crippen LogP contribution in [0.2, 0.25) is 0 Å². The number of hydrogen-bond donors (Lipinski definition) is 2. The summed E-state index contributed by atoms with van der Waals surface area (Å²) in [7, 11) is 1.71. The molecule has 0 saturated heterocycles. The number of pyridine rings is 1. The number of aliphatic hydroxyl groups excluding tert-OH is 1. The van der Waals surface area contributed by atoms with Crippen molar-refractivity contribution in [3.8, 4) is 17.7 Å². The van der Waals surface area contributed by atoms with E-state index in [0.29, 0.717) is 35.8 Å². The fourth-order valence-electron chi connectivity index (χ4n) is 3.89. The highest BCUT2D eigenvalue weighted by Crippen LogP contribution is 2.29. The number of aliphatic hydroxyl groups is 1. The summed E-state index contributed by atoms with van der Waals surface area (Å²) >= 11 is 0. The fraction of sp³-hybridized carbons (Fsp3) is 0.444. The Balaban J connectivity index is 1.58. The molecule has 1 saturated carbocycles. The number of carbonyl (C=O) groups excluding carboxylic acids is 2. The van der Waals surface area contributed by atoms with Gasteiger partial charge in [0.2, 0.25) is 5.88 Å². The number of anilines is 1. The number of nitrogens with zero attached hydrogens (tertiary/aromatic N) is 3. The van der Waals surface area contributed by atoms with Crippen molar-refractivity contribution in [1.82, 2.24) is 14.8 Å². The van der Waals surface area contributed by atoms with Crippen molar-refractivity contribution < 1.29 is 19.4 Å². The molecule has 3 amide bonds. The zero-order valence-corrected chi connectivity index (χ0v) is 20.4. The monoisotopic (exact) mass is 476 g/mol. The first-order valence-corrected chi connectivity index (χ1v) is 12.0. The molecule has 2 heterocycles. The van der Waals surface area contributed by atoms with Gasteiger partial charge in [-0.1, -0.05) is 37.0 Å². The molecule has 35 heavy (non-hydrogen) atoms. The minimum absolute atomic E-state index is 0.121. The van der Waals surface area contributed by atoms with Gasteiger partial charge >= 0.3 is 6.03 Å². The fourth-order valence-corrected chi connectivity index (χ4v) is 3.89. The van der Waals surface area contributed by atoms with Gasteiger partial charge in [0.1, 0.15) is 11.7 Å². The molecule has 3 atom stereocenters. The van der Waals surface area contributed by atoms with Gasteiger partial charge in [0.15, 0.2) is 0 Å². The van der Waals surface area contributed by atoms with Gasteiger partial charge in [0.05, 0.1) is 19.2 Å². The predicted molar refractivity (Wildman–Crippen MR) is 133 cm³/mol. The van der Waals surface area contributed by atoms with Crippen molar-refractivity contribution in [2.75, 3.05) is 32.1 Å². The van der Waals surface area contributed by atoms with E-state index in [1.54, 1.807) is 29.1 Å². The first kappa shape index (κ1) is 24.6. The number of aromatic nitrogens is 1. The molecule has 1 fully saturated rings. The second-order valence-corrected chi connectivity index (χ2v) is 9.42. The first-order chi connectivity index (χ1) is 16.9. The highest BCUT2D eigenvalue weighted by atomic mass is 16.5. The Kier molecular flexibility index (Phi) is 7.57. The van der Waals surface area contributed by atoms with Crippen molar-refractivity contribution in [2.24, 2.45) is 11.8 Å². The number of para-hydroxylation sites is 1. The van der Waals surface area contributed by atoms with Gasteiger partial charge in [-0.2, -0.15) is 0 Å². The molecule has 8 heteroatoms. The van der Waals surface area contributed by atoms with E-state index in [1.807, 2.05) is 44.2 Å². The Hall–Kier alpha value is -3.57. The summed E-state index contributed by atoms with van der Waals surface area (Å²) < 4.78 is 6.25. The summed E-state index contributed by atoms with van der Waals surface area (Å²) in [4.78, 5) is 33.9. The largest absolute Gasteiger partial charge is 0.472 e. The molecule has 1 aromatic carbocycles. The minimum atomic E-state index is -0.419. The van der Waals surface area contributed by atoms with Crippen LogP contribution in [0.25, 0.3) is 0 Å². The first-order valence-electron chi connectivity index (χ1n) is 12.0. The van der Waals surface area contributed by atoms with Crippen molar-refractivity contribution in [3.05, 3.63) is 53.7 Å². The Bertz CT molecular complexity index is 1120. The summed E-state index contributed by atoms with van der Waals surface area (Å²) in [6, 6.07) is 10.3. The molecule has 1 aliphatic carbocycles. The van der Waals surface area contributed by atoms with E-state index in [0.717, 1.165) is 12.8 Å². The zero-order chi connectivity index (χ0) is 24.9. The van der Waals surface area contributed by atoms with Crippen molar-refractivity contribution >= 4 is 17.6 Å².